The van der Waals surface area contributed by atoms with E-state index >= 15 is 0 Å². The Labute approximate surface area is 173 Å². The van der Waals surface area contributed by atoms with Crippen LogP contribution in [-0.4, -0.2) is 45.9 Å². The molecule has 3 rings (SSSR count). The lowest BCUT2D eigenvalue weighted by atomic mass is 10.0. The average Bonchev–Trinajstić information content (AvgIpc) is 3.44. The third-order valence-corrected chi connectivity index (χ3v) is 5.13. The zero-order chi connectivity index (χ0) is 20.3. The SMILES string of the molecule is COc1ccc(CC(C)CN=C(NCCc2ccco2)NCC2CCOC2)cc1. The quantitative estimate of drug-likeness (QED) is 0.474. The molecule has 0 bridgehead atoms. The van der Waals surface area contributed by atoms with Crippen LogP contribution in [0.1, 0.15) is 24.7 Å². The first-order chi connectivity index (χ1) is 14.2. The lowest BCUT2D eigenvalue weighted by molar-refractivity contribution is 0.186. The molecule has 1 aromatic heterocycles. The predicted molar refractivity (Wildman–Crippen MR) is 116 cm³/mol. The largest absolute Gasteiger partial charge is 0.497 e. The first kappa shape index (κ1) is 21.2. The van der Waals surface area contributed by atoms with Gasteiger partial charge < -0.3 is 24.5 Å². The molecule has 0 saturated carbocycles. The minimum Gasteiger partial charge on any atom is -0.497 e. The normalized spacial score (nSPS) is 17.9. The van der Waals surface area contributed by atoms with E-state index < -0.39 is 0 Å². The number of nitrogens with zero attached hydrogens (tertiary/aromatic N) is 1. The minimum absolute atomic E-state index is 0.446. The van der Waals surface area contributed by atoms with Crippen LogP contribution in [0.4, 0.5) is 0 Å². The van der Waals surface area contributed by atoms with E-state index in [2.05, 4.69) is 29.7 Å². The van der Waals surface area contributed by atoms with Gasteiger partial charge in [0.2, 0.25) is 0 Å². The molecule has 1 aromatic carbocycles. The van der Waals surface area contributed by atoms with Crippen molar-refractivity contribution in [2.75, 3.05) is 40.0 Å². The van der Waals surface area contributed by atoms with Crippen molar-refractivity contribution in [2.45, 2.75) is 26.2 Å². The molecule has 6 heteroatoms. The molecule has 6 nitrogen and oxygen atoms in total. The molecular formula is C23H33N3O3. The molecule has 0 amide bonds. The first-order valence-corrected chi connectivity index (χ1v) is 10.5. The van der Waals surface area contributed by atoms with Gasteiger partial charge in [0, 0.05) is 38.6 Å². The third kappa shape index (κ3) is 7.46. The van der Waals surface area contributed by atoms with E-state index in [1.165, 1.54) is 5.56 Å². The molecule has 1 aliphatic rings. The number of guanidine groups is 1. The van der Waals surface area contributed by atoms with E-state index in [9.17, 15) is 0 Å². The number of benzene rings is 1. The van der Waals surface area contributed by atoms with Crippen LogP contribution in [0.15, 0.2) is 52.1 Å². The summed E-state index contributed by atoms with van der Waals surface area (Å²) in [6, 6.07) is 12.2. The van der Waals surface area contributed by atoms with Crippen LogP contribution >= 0.6 is 0 Å². The number of methoxy groups -OCH3 is 1. The fraction of sp³-hybridized carbons (Fsp3) is 0.522. The molecule has 0 radical (unpaired) electrons. The van der Waals surface area contributed by atoms with E-state index in [1.807, 2.05) is 24.3 Å². The maximum atomic E-state index is 5.48. The lowest BCUT2D eigenvalue weighted by Gasteiger charge is -2.16. The van der Waals surface area contributed by atoms with E-state index in [4.69, 9.17) is 18.9 Å². The maximum absolute atomic E-state index is 5.48. The number of nitrogens with one attached hydrogen (secondary N) is 2. The van der Waals surface area contributed by atoms with Gasteiger partial charge in [0.1, 0.15) is 11.5 Å². The van der Waals surface area contributed by atoms with Crippen molar-refractivity contribution in [2.24, 2.45) is 16.8 Å². The number of hydrogen-bond donors (Lipinski definition) is 2. The molecule has 2 N–H and O–H groups in total. The highest BCUT2D eigenvalue weighted by Crippen LogP contribution is 2.15. The lowest BCUT2D eigenvalue weighted by Crippen LogP contribution is -2.41. The van der Waals surface area contributed by atoms with Gasteiger partial charge in [-0.05, 0) is 48.6 Å². The Hall–Kier alpha value is -2.47. The van der Waals surface area contributed by atoms with Crippen molar-refractivity contribution in [3.05, 3.63) is 54.0 Å². The molecule has 29 heavy (non-hydrogen) atoms. The Balaban J connectivity index is 1.49. The van der Waals surface area contributed by atoms with Gasteiger partial charge in [-0.1, -0.05) is 19.1 Å². The van der Waals surface area contributed by atoms with Gasteiger partial charge in [-0.2, -0.15) is 0 Å². The summed E-state index contributed by atoms with van der Waals surface area (Å²) in [5, 5.41) is 6.93. The standard InChI is InChI=1S/C23H33N3O3/c1-18(14-19-5-7-21(27-2)8-6-19)15-25-23(26-16-20-10-13-28-17-20)24-11-9-22-4-3-12-29-22/h3-8,12,18,20H,9-11,13-17H2,1-2H3,(H2,24,25,26). The van der Waals surface area contributed by atoms with E-state index in [-0.39, 0.29) is 0 Å². The number of rotatable bonds is 10. The van der Waals surface area contributed by atoms with Gasteiger partial charge in [-0.15, -0.1) is 0 Å². The van der Waals surface area contributed by atoms with Crippen LogP contribution in [-0.2, 0) is 17.6 Å². The number of aliphatic imine (C=N–C) groups is 1. The molecule has 2 atom stereocenters. The Bertz CT molecular complexity index is 722. The Morgan fingerprint density at radius 2 is 2.10 bits per heavy atom. The molecule has 1 aliphatic heterocycles. The highest BCUT2D eigenvalue weighted by molar-refractivity contribution is 5.79. The summed E-state index contributed by atoms with van der Waals surface area (Å²) < 4.78 is 16.1. The van der Waals surface area contributed by atoms with Crippen LogP contribution in [0, 0.1) is 11.8 Å². The van der Waals surface area contributed by atoms with Crippen LogP contribution in [0.3, 0.4) is 0 Å². The molecule has 0 spiro atoms. The molecule has 1 fully saturated rings. The van der Waals surface area contributed by atoms with Crippen LogP contribution in [0.2, 0.25) is 0 Å². The smallest absolute Gasteiger partial charge is 0.191 e. The zero-order valence-corrected chi connectivity index (χ0v) is 17.5. The Kier molecular flexibility index (Phi) is 8.43. The molecule has 1 saturated heterocycles. The topological polar surface area (TPSA) is 68.0 Å². The second-order valence-electron chi connectivity index (χ2n) is 7.71. The fourth-order valence-corrected chi connectivity index (χ4v) is 3.39. The first-order valence-electron chi connectivity index (χ1n) is 10.5. The summed E-state index contributed by atoms with van der Waals surface area (Å²) in [5.41, 5.74) is 1.30. The van der Waals surface area contributed by atoms with E-state index in [0.717, 1.165) is 69.6 Å². The van der Waals surface area contributed by atoms with Crippen molar-refractivity contribution >= 4 is 5.96 Å². The van der Waals surface area contributed by atoms with Gasteiger partial charge in [-0.25, -0.2) is 0 Å². The minimum atomic E-state index is 0.446. The molecule has 158 valence electrons. The molecule has 0 aliphatic carbocycles. The molecule has 2 aromatic rings. The molecular weight excluding hydrogens is 366 g/mol. The summed E-state index contributed by atoms with van der Waals surface area (Å²) in [7, 11) is 1.69. The number of furan rings is 1. The summed E-state index contributed by atoms with van der Waals surface area (Å²) in [5.74, 6) is 3.74. The van der Waals surface area contributed by atoms with Gasteiger partial charge in [0.15, 0.2) is 5.96 Å². The van der Waals surface area contributed by atoms with E-state index in [0.29, 0.717) is 11.8 Å². The van der Waals surface area contributed by atoms with Crippen molar-refractivity contribution < 1.29 is 13.9 Å². The average molecular weight is 400 g/mol. The summed E-state index contributed by atoms with van der Waals surface area (Å²) in [6.45, 7) is 6.37. The van der Waals surface area contributed by atoms with Gasteiger partial charge in [0.25, 0.3) is 0 Å². The zero-order valence-electron chi connectivity index (χ0n) is 17.5. The third-order valence-electron chi connectivity index (χ3n) is 5.13. The van der Waals surface area contributed by atoms with Crippen molar-refractivity contribution in [3.63, 3.8) is 0 Å². The highest BCUT2D eigenvalue weighted by atomic mass is 16.5. The van der Waals surface area contributed by atoms with Crippen molar-refractivity contribution in [3.8, 4) is 5.75 Å². The Morgan fingerprint density at radius 1 is 1.24 bits per heavy atom. The molecule has 2 unspecified atom stereocenters. The van der Waals surface area contributed by atoms with Crippen LogP contribution in [0.25, 0.3) is 0 Å². The Morgan fingerprint density at radius 3 is 2.79 bits per heavy atom. The number of ether oxygens (including phenoxy) is 2. The second-order valence-corrected chi connectivity index (χ2v) is 7.71. The summed E-state index contributed by atoms with van der Waals surface area (Å²) in [4.78, 5) is 4.83. The summed E-state index contributed by atoms with van der Waals surface area (Å²) >= 11 is 0. The fourth-order valence-electron chi connectivity index (χ4n) is 3.39. The monoisotopic (exact) mass is 399 g/mol. The van der Waals surface area contributed by atoms with Crippen LogP contribution < -0.4 is 15.4 Å². The van der Waals surface area contributed by atoms with Gasteiger partial charge in [-0.3, -0.25) is 4.99 Å². The predicted octanol–water partition coefficient (Wildman–Crippen LogP) is 3.28. The van der Waals surface area contributed by atoms with Crippen molar-refractivity contribution in [1.82, 2.24) is 10.6 Å². The van der Waals surface area contributed by atoms with Crippen molar-refractivity contribution in [1.29, 1.82) is 0 Å². The summed E-state index contributed by atoms with van der Waals surface area (Å²) in [6.07, 6.45) is 4.65. The van der Waals surface area contributed by atoms with Crippen LogP contribution in [0.5, 0.6) is 5.75 Å². The number of hydrogen-bond acceptors (Lipinski definition) is 4. The van der Waals surface area contributed by atoms with Gasteiger partial charge >= 0.3 is 0 Å². The maximum Gasteiger partial charge on any atom is 0.191 e. The second kappa shape index (κ2) is 11.5. The van der Waals surface area contributed by atoms with E-state index in [1.54, 1.807) is 13.4 Å². The molecule has 2 heterocycles. The van der Waals surface area contributed by atoms with Gasteiger partial charge in [0.05, 0.1) is 20.0 Å². The highest BCUT2D eigenvalue weighted by Gasteiger charge is 2.16.